The van der Waals surface area contributed by atoms with E-state index in [1.807, 2.05) is 0 Å². The third-order valence-corrected chi connectivity index (χ3v) is 3.70. The first-order chi connectivity index (χ1) is 10.1. The highest BCUT2D eigenvalue weighted by Gasteiger charge is 2.23. The van der Waals surface area contributed by atoms with Gasteiger partial charge in [-0.15, -0.1) is 0 Å². The van der Waals surface area contributed by atoms with Crippen molar-refractivity contribution in [2.75, 3.05) is 32.1 Å². The molecule has 0 aromatic heterocycles. The monoisotopic (exact) mass is 292 g/mol. The van der Waals surface area contributed by atoms with Crippen LogP contribution in [0, 0.1) is 5.92 Å². The largest absolute Gasteiger partial charge is 0.478 e. The second-order valence-corrected chi connectivity index (χ2v) is 5.17. The van der Waals surface area contributed by atoms with Crippen LogP contribution in [0.2, 0.25) is 0 Å². The first-order valence-corrected chi connectivity index (χ1v) is 6.99. The Morgan fingerprint density at radius 1 is 1.33 bits per heavy atom. The normalized spacial score (nSPS) is 15.8. The molecule has 0 aliphatic carbocycles. The molecule has 6 nitrogen and oxygen atoms in total. The highest BCUT2D eigenvalue weighted by atomic mass is 16.5. The number of carbonyl (C=O) groups excluding carboxylic acids is 1. The van der Waals surface area contributed by atoms with Gasteiger partial charge in [0.15, 0.2) is 0 Å². The molecule has 0 radical (unpaired) electrons. The zero-order valence-corrected chi connectivity index (χ0v) is 12.0. The summed E-state index contributed by atoms with van der Waals surface area (Å²) in [6.07, 6.45) is 1.81. The van der Waals surface area contributed by atoms with Crippen molar-refractivity contribution in [3.8, 4) is 0 Å². The molecular weight excluding hydrogens is 272 g/mol. The molecule has 114 valence electrons. The lowest BCUT2D eigenvalue weighted by Crippen LogP contribution is -2.41. The minimum absolute atomic E-state index is 0.0973. The summed E-state index contributed by atoms with van der Waals surface area (Å²) < 4.78 is 5.13. The summed E-state index contributed by atoms with van der Waals surface area (Å²) >= 11 is 0. The Morgan fingerprint density at radius 3 is 2.62 bits per heavy atom. The van der Waals surface area contributed by atoms with Crippen LogP contribution in [0.25, 0.3) is 0 Å². The van der Waals surface area contributed by atoms with Gasteiger partial charge in [-0.25, -0.2) is 9.59 Å². The van der Waals surface area contributed by atoms with Crippen molar-refractivity contribution in [2.24, 2.45) is 5.92 Å². The first kappa shape index (κ1) is 15.3. The van der Waals surface area contributed by atoms with Crippen LogP contribution < -0.4 is 5.32 Å². The number of amides is 2. The number of aromatic carboxylic acids is 1. The molecule has 1 fully saturated rings. The Hall–Kier alpha value is -2.08. The second-order valence-electron chi connectivity index (χ2n) is 5.17. The van der Waals surface area contributed by atoms with Gasteiger partial charge in [-0.2, -0.15) is 0 Å². The molecule has 21 heavy (non-hydrogen) atoms. The van der Waals surface area contributed by atoms with Crippen molar-refractivity contribution in [1.29, 1.82) is 0 Å². The number of hydrogen-bond acceptors (Lipinski definition) is 3. The summed E-state index contributed by atoms with van der Waals surface area (Å²) in [5.41, 5.74) is 0.425. The highest BCUT2D eigenvalue weighted by Crippen LogP contribution is 2.20. The molecule has 0 unspecified atom stereocenters. The molecule has 0 spiro atoms. The van der Waals surface area contributed by atoms with Crippen molar-refractivity contribution in [2.45, 2.75) is 12.8 Å². The zero-order chi connectivity index (χ0) is 15.2. The van der Waals surface area contributed by atoms with Gasteiger partial charge in [0.2, 0.25) is 0 Å². The second kappa shape index (κ2) is 7.08. The molecule has 0 saturated carbocycles. The molecule has 0 atom stereocenters. The number of rotatable bonds is 4. The molecule has 6 heteroatoms. The number of urea groups is 1. The smallest absolute Gasteiger partial charge is 0.337 e. The fourth-order valence-corrected chi connectivity index (χ4v) is 2.51. The van der Waals surface area contributed by atoms with Gasteiger partial charge in [-0.1, -0.05) is 12.1 Å². The van der Waals surface area contributed by atoms with Gasteiger partial charge < -0.3 is 20.1 Å². The van der Waals surface area contributed by atoms with E-state index in [-0.39, 0.29) is 11.6 Å². The van der Waals surface area contributed by atoms with E-state index in [2.05, 4.69) is 5.32 Å². The van der Waals surface area contributed by atoms with E-state index in [1.165, 1.54) is 6.07 Å². The number of carboxylic acids is 1. The summed E-state index contributed by atoms with van der Waals surface area (Å²) in [4.78, 5) is 25.0. The number of carboxylic acid groups (broad SMARTS) is 1. The average molecular weight is 292 g/mol. The van der Waals surface area contributed by atoms with Crippen LogP contribution in [0.1, 0.15) is 23.2 Å². The molecule has 1 aliphatic rings. The molecule has 2 rings (SSSR count). The third kappa shape index (κ3) is 3.95. The summed E-state index contributed by atoms with van der Waals surface area (Å²) in [5.74, 6) is -0.560. The molecule has 2 N–H and O–H groups in total. The van der Waals surface area contributed by atoms with E-state index in [4.69, 9.17) is 9.84 Å². The minimum atomic E-state index is -1.05. The van der Waals surface area contributed by atoms with E-state index in [1.54, 1.807) is 30.2 Å². The minimum Gasteiger partial charge on any atom is -0.478 e. The maximum Gasteiger partial charge on any atom is 0.337 e. The van der Waals surface area contributed by atoms with Crippen molar-refractivity contribution in [3.63, 3.8) is 0 Å². The number of benzene rings is 1. The fourth-order valence-electron chi connectivity index (χ4n) is 2.51. The van der Waals surface area contributed by atoms with Gasteiger partial charge in [0.1, 0.15) is 0 Å². The maximum atomic E-state index is 12.2. The number of nitrogens with one attached hydrogen (secondary N) is 1. The SMILES string of the molecule is COCC1CCN(C(=O)Nc2ccccc2C(=O)O)CC1. The van der Waals surface area contributed by atoms with Gasteiger partial charge in [-0.3, -0.25) is 0 Å². The van der Waals surface area contributed by atoms with Crippen LogP contribution in [0.5, 0.6) is 0 Å². The Labute approximate surface area is 123 Å². The van der Waals surface area contributed by atoms with Gasteiger partial charge in [-0.05, 0) is 30.9 Å². The average Bonchev–Trinajstić information content (AvgIpc) is 2.48. The molecule has 2 amide bonds. The van der Waals surface area contributed by atoms with E-state index in [0.717, 1.165) is 19.4 Å². The molecule has 1 aliphatic heterocycles. The number of likely N-dealkylation sites (tertiary alicyclic amines) is 1. The standard InChI is InChI=1S/C15H20N2O4/c1-21-10-11-6-8-17(9-7-11)15(20)16-13-5-3-2-4-12(13)14(18)19/h2-5,11H,6-10H2,1H3,(H,16,20)(H,18,19). The predicted molar refractivity (Wildman–Crippen MR) is 78.6 cm³/mol. The van der Waals surface area contributed by atoms with Crippen LogP contribution in [0.3, 0.4) is 0 Å². The van der Waals surface area contributed by atoms with E-state index in [0.29, 0.717) is 24.7 Å². The van der Waals surface area contributed by atoms with Gasteiger partial charge >= 0.3 is 12.0 Å². The number of ether oxygens (including phenoxy) is 1. The van der Waals surface area contributed by atoms with Gasteiger partial charge in [0, 0.05) is 26.8 Å². The Kier molecular flexibility index (Phi) is 5.16. The predicted octanol–water partition coefficient (Wildman–Crippen LogP) is 2.28. The van der Waals surface area contributed by atoms with Crippen LogP contribution in [-0.2, 0) is 4.74 Å². The molecular formula is C15H20N2O4. The summed E-state index contributed by atoms with van der Waals surface area (Å²) in [6, 6.07) is 6.16. The number of piperidine rings is 1. The van der Waals surface area contributed by atoms with E-state index >= 15 is 0 Å². The lowest BCUT2D eigenvalue weighted by Gasteiger charge is -2.31. The molecule has 1 saturated heterocycles. The maximum absolute atomic E-state index is 12.2. The molecule has 0 bridgehead atoms. The van der Waals surface area contributed by atoms with Crippen LogP contribution in [0.4, 0.5) is 10.5 Å². The third-order valence-electron chi connectivity index (χ3n) is 3.70. The van der Waals surface area contributed by atoms with Crippen molar-refractivity contribution < 1.29 is 19.4 Å². The number of methoxy groups -OCH3 is 1. The highest BCUT2D eigenvalue weighted by molar-refractivity contribution is 5.99. The Balaban J connectivity index is 1.95. The summed E-state index contributed by atoms with van der Waals surface area (Å²) in [5, 5.41) is 11.8. The van der Waals surface area contributed by atoms with Crippen molar-refractivity contribution in [1.82, 2.24) is 4.90 Å². The Morgan fingerprint density at radius 2 is 2.00 bits per heavy atom. The van der Waals surface area contributed by atoms with Crippen LogP contribution >= 0.6 is 0 Å². The lowest BCUT2D eigenvalue weighted by atomic mass is 9.98. The molecule has 1 aromatic rings. The molecule has 1 aromatic carbocycles. The topological polar surface area (TPSA) is 78.9 Å². The number of hydrogen-bond donors (Lipinski definition) is 2. The first-order valence-electron chi connectivity index (χ1n) is 6.99. The molecule has 1 heterocycles. The number of anilines is 1. The fraction of sp³-hybridized carbons (Fsp3) is 0.467. The Bertz CT molecular complexity index is 510. The van der Waals surface area contributed by atoms with E-state index in [9.17, 15) is 9.59 Å². The quantitative estimate of drug-likeness (QED) is 0.892. The van der Waals surface area contributed by atoms with Crippen molar-refractivity contribution >= 4 is 17.7 Å². The zero-order valence-electron chi connectivity index (χ0n) is 12.0. The van der Waals surface area contributed by atoms with Gasteiger partial charge in [0.25, 0.3) is 0 Å². The summed E-state index contributed by atoms with van der Waals surface area (Å²) in [6.45, 7) is 2.04. The summed E-state index contributed by atoms with van der Waals surface area (Å²) in [7, 11) is 1.68. The van der Waals surface area contributed by atoms with Crippen LogP contribution in [0.15, 0.2) is 24.3 Å². The van der Waals surface area contributed by atoms with E-state index < -0.39 is 5.97 Å². The number of para-hydroxylation sites is 1. The number of nitrogens with zero attached hydrogens (tertiary/aromatic N) is 1. The van der Waals surface area contributed by atoms with Crippen LogP contribution in [-0.4, -0.2) is 48.8 Å². The lowest BCUT2D eigenvalue weighted by molar-refractivity contribution is 0.0698. The van der Waals surface area contributed by atoms with Gasteiger partial charge in [0.05, 0.1) is 11.3 Å². The van der Waals surface area contributed by atoms with Crippen molar-refractivity contribution in [3.05, 3.63) is 29.8 Å². The number of carbonyl (C=O) groups is 2.